The van der Waals surface area contributed by atoms with Crippen LogP contribution >= 0.6 is 11.6 Å². The first-order valence-electron chi connectivity index (χ1n) is 9.60. The molecular formula is C24H24ClNO4. The molecule has 3 rings (SSSR count). The standard InChI is InChI=1S/C24H24ClNO4/c1-4-29-20-11-9-19(10-12-20)26-24(27)18-13-21(25)23(22(14-18)28-3)30-15-17-7-5-16(2)6-8-17/h5-14H,4,15H2,1-3H3,(H,26,27). The molecule has 1 N–H and O–H groups in total. The van der Waals surface area contributed by atoms with Crippen LogP contribution < -0.4 is 19.5 Å². The van der Waals surface area contributed by atoms with Gasteiger partial charge in [0.25, 0.3) is 5.91 Å². The van der Waals surface area contributed by atoms with Crippen LogP contribution in [0.25, 0.3) is 0 Å². The third-order valence-electron chi connectivity index (χ3n) is 4.42. The van der Waals surface area contributed by atoms with E-state index in [9.17, 15) is 4.79 Å². The molecule has 6 heteroatoms. The van der Waals surface area contributed by atoms with Gasteiger partial charge in [0.05, 0.1) is 18.7 Å². The number of hydrogen-bond donors (Lipinski definition) is 1. The Morgan fingerprint density at radius 1 is 1.00 bits per heavy atom. The summed E-state index contributed by atoms with van der Waals surface area (Å²) in [5.74, 6) is 1.24. The van der Waals surface area contributed by atoms with Crippen LogP contribution in [-0.2, 0) is 6.61 Å². The van der Waals surface area contributed by atoms with Gasteiger partial charge in [-0.3, -0.25) is 4.79 Å². The van der Waals surface area contributed by atoms with E-state index in [1.54, 1.807) is 36.4 Å². The van der Waals surface area contributed by atoms with Crippen LogP contribution in [0.5, 0.6) is 17.2 Å². The summed E-state index contributed by atoms with van der Waals surface area (Å²) in [6.45, 7) is 4.87. The number of amides is 1. The van der Waals surface area contributed by atoms with E-state index < -0.39 is 0 Å². The van der Waals surface area contributed by atoms with Crippen molar-refractivity contribution in [1.29, 1.82) is 0 Å². The van der Waals surface area contributed by atoms with Crippen LogP contribution in [-0.4, -0.2) is 19.6 Å². The van der Waals surface area contributed by atoms with E-state index >= 15 is 0 Å². The predicted octanol–water partition coefficient (Wildman–Crippen LogP) is 5.89. The van der Waals surface area contributed by atoms with Crippen LogP contribution in [0.2, 0.25) is 5.02 Å². The second-order valence-corrected chi connectivity index (χ2v) is 7.08. The minimum Gasteiger partial charge on any atom is -0.494 e. The van der Waals surface area contributed by atoms with Crippen molar-refractivity contribution in [3.63, 3.8) is 0 Å². The minimum absolute atomic E-state index is 0.301. The van der Waals surface area contributed by atoms with Crippen molar-refractivity contribution in [2.75, 3.05) is 19.0 Å². The van der Waals surface area contributed by atoms with Crippen molar-refractivity contribution < 1.29 is 19.0 Å². The Bertz CT molecular complexity index is 1000. The molecule has 30 heavy (non-hydrogen) atoms. The maximum atomic E-state index is 12.7. The van der Waals surface area contributed by atoms with E-state index in [2.05, 4.69) is 5.32 Å². The quantitative estimate of drug-likeness (QED) is 0.489. The molecule has 0 aliphatic heterocycles. The fourth-order valence-corrected chi connectivity index (χ4v) is 3.10. The van der Waals surface area contributed by atoms with Gasteiger partial charge in [0.2, 0.25) is 0 Å². The SMILES string of the molecule is CCOc1ccc(NC(=O)c2cc(Cl)c(OCc3ccc(C)cc3)c(OC)c2)cc1. The molecule has 156 valence electrons. The number of nitrogens with one attached hydrogen (secondary N) is 1. The van der Waals surface area contributed by atoms with Gasteiger partial charge in [0.15, 0.2) is 11.5 Å². The molecule has 1 amide bonds. The predicted molar refractivity (Wildman–Crippen MR) is 119 cm³/mol. The number of ether oxygens (including phenoxy) is 3. The number of benzene rings is 3. The van der Waals surface area contributed by atoms with Crippen LogP contribution in [0.1, 0.15) is 28.4 Å². The maximum Gasteiger partial charge on any atom is 0.255 e. The zero-order valence-electron chi connectivity index (χ0n) is 17.2. The summed E-state index contributed by atoms with van der Waals surface area (Å²) in [5.41, 5.74) is 3.21. The lowest BCUT2D eigenvalue weighted by atomic mass is 10.1. The van der Waals surface area contributed by atoms with Gasteiger partial charge in [-0.15, -0.1) is 0 Å². The van der Waals surface area contributed by atoms with Crippen molar-refractivity contribution in [3.8, 4) is 17.2 Å². The Morgan fingerprint density at radius 3 is 2.33 bits per heavy atom. The second-order valence-electron chi connectivity index (χ2n) is 6.68. The van der Waals surface area contributed by atoms with Gasteiger partial charge in [-0.1, -0.05) is 41.4 Å². The first-order valence-corrected chi connectivity index (χ1v) is 9.98. The summed E-state index contributed by atoms with van der Waals surface area (Å²) in [7, 11) is 1.51. The second kappa shape index (κ2) is 10.0. The Balaban J connectivity index is 1.73. The Labute approximate surface area is 181 Å². The average molecular weight is 426 g/mol. The third kappa shape index (κ3) is 5.45. The zero-order valence-corrected chi connectivity index (χ0v) is 18.0. The molecule has 0 radical (unpaired) electrons. The van der Waals surface area contributed by atoms with Gasteiger partial charge in [0, 0.05) is 11.3 Å². The van der Waals surface area contributed by atoms with Crippen LogP contribution in [0.15, 0.2) is 60.7 Å². The first-order chi connectivity index (χ1) is 14.5. The highest BCUT2D eigenvalue weighted by Crippen LogP contribution is 2.37. The lowest BCUT2D eigenvalue weighted by Gasteiger charge is -2.14. The molecule has 0 saturated heterocycles. The number of halogens is 1. The fraction of sp³-hybridized carbons (Fsp3) is 0.208. The first kappa shape index (κ1) is 21.5. The van der Waals surface area contributed by atoms with Crippen LogP contribution in [0.3, 0.4) is 0 Å². The number of hydrogen-bond acceptors (Lipinski definition) is 4. The minimum atomic E-state index is -0.301. The normalized spacial score (nSPS) is 10.4. The van der Waals surface area contributed by atoms with Crippen molar-refractivity contribution in [3.05, 3.63) is 82.4 Å². The molecule has 5 nitrogen and oxygen atoms in total. The van der Waals surface area contributed by atoms with E-state index in [0.29, 0.717) is 41.0 Å². The van der Waals surface area contributed by atoms with Gasteiger partial charge in [-0.05, 0) is 55.8 Å². The number of carbonyl (C=O) groups excluding carboxylic acids is 1. The van der Waals surface area contributed by atoms with Gasteiger partial charge in [0.1, 0.15) is 12.4 Å². The molecule has 0 heterocycles. The molecule has 3 aromatic carbocycles. The highest BCUT2D eigenvalue weighted by Gasteiger charge is 2.16. The molecule has 0 aliphatic carbocycles. The zero-order chi connectivity index (χ0) is 21.5. The Hall–Kier alpha value is -3.18. The van der Waals surface area contributed by atoms with Gasteiger partial charge in [-0.25, -0.2) is 0 Å². The molecule has 0 spiro atoms. The highest BCUT2D eigenvalue weighted by atomic mass is 35.5. The Morgan fingerprint density at radius 2 is 1.70 bits per heavy atom. The van der Waals surface area contributed by atoms with E-state index in [1.165, 1.54) is 12.7 Å². The summed E-state index contributed by atoms with van der Waals surface area (Å²) in [4.78, 5) is 12.7. The number of aryl methyl sites for hydroxylation is 1. The van der Waals surface area contributed by atoms with Crippen molar-refractivity contribution in [1.82, 2.24) is 0 Å². The van der Waals surface area contributed by atoms with E-state index in [1.807, 2.05) is 38.1 Å². The lowest BCUT2D eigenvalue weighted by molar-refractivity contribution is 0.102. The fourth-order valence-electron chi connectivity index (χ4n) is 2.84. The van der Waals surface area contributed by atoms with Crippen LogP contribution in [0, 0.1) is 6.92 Å². The molecular weight excluding hydrogens is 402 g/mol. The number of methoxy groups -OCH3 is 1. The summed E-state index contributed by atoms with van der Waals surface area (Å²) in [6.07, 6.45) is 0. The molecule has 0 bridgehead atoms. The molecule has 0 aromatic heterocycles. The smallest absolute Gasteiger partial charge is 0.255 e. The number of carbonyl (C=O) groups is 1. The molecule has 0 fully saturated rings. The van der Waals surface area contributed by atoms with E-state index in [0.717, 1.165) is 11.3 Å². The van der Waals surface area contributed by atoms with Gasteiger partial charge in [-0.2, -0.15) is 0 Å². The summed E-state index contributed by atoms with van der Waals surface area (Å²) in [5, 5.41) is 3.14. The molecule has 0 saturated carbocycles. The monoisotopic (exact) mass is 425 g/mol. The Kier molecular flexibility index (Phi) is 7.20. The topological polar surface area (TPSA) is 56.8 Å². The summed E-state index contributed by atoms with van der Waals surface area (Å²) < 4.78 is 16.7. The molecule has 0 atom stereocenters. The van der Waals surface area contributed by atoms with Crippen molar-refractivity contribution in [2.24, 2.45) is 0 Å². The van der Waals surface area contributed by atoms with Crippen molar-refractivity contribution >= 4 is 23.2 Å². The van der Waals surface area contributed by atoms with Gasteiger partial charge >= 0.3 is 0 Å². The average Bonchev–Trinajstić information content (AvgIpc) is 2.75. The third-order valence-corrected chi connectivity index (χ3v) is 4.70. The number of anilines is 1. The van der Waals surface area contributed by atoms with E-state index in [-0.39, 0.29) is 5.91 Å². The molecule has 3 aromatic rings. The number of rotatable bonds is 8. The summed E-state index contributed by atoms with van der Waals surface area (Å²) in [6, 6.07) is 18.4. The molecule has 0 aliphatic rings. The van der Waals surface area contributed by atoms with Crippen LogP contribution in [0.4, 0.5) is 5.69 Å². The van der Waals surface area contributed by atoms with E-state index in [4.69, 9.17) is 25.8 Å². The van der Waals surface area contributed by atoms with Crippen molar-refractivity contribution in [2.45, 2.75) is 20.5 Å². The lowest BCUT2D eigenvalue weighted by Crippen LogP contribution is -2.12. The van der Waals surface area contributed by atoms with Gasteiger partial charge < -0.3 is 19.5 Å². The largest absolute Gasteiger partial charge is 0.494 e. The molecule has 0 unspecified atom stereocenters. The maximum absolute atomic E-state index is 12.7. The summed E-state index contributed by atoms with van der Waals surface area (Å²) >= 11 is 6.41. The highest BCUT2D eigenvalue weighted by molar-refractivity contribution is 6.32.